The van der Waals surface area contributed by atoms with Crippen molar-refractivity contribution < 1.29 is 9.90 Å². The molecule has 4 heteroatoms. The highest BCUT2D eigenvalue weighted by Crippen LogP contribution is 2.28. The maximum absolute atomic E-state index is 10.4. The van der Waals surface area contributed by atoms with Crippen molar-refractivity contribution in [2.75, 3.05) is 0 Å². The number of carboxylic acids is 1. The third-order valence-electron chi connectivity index (χ3n) is 1.44. The summed E-state index contributed by atoms with van der Waals surface area (Å²) in [7, 11) is 0. The molecule has 0 spiro atoms. The predicted molar refractivity (Wildman–Crippen MR) is 56.6 cm³/mol. The minimum atomic E-state index is -0.751. The molecular formula is C8H12Br2O2. The fourth-order valence-corrected chi connectivity index (χ4v) is 1.16. The molecule has 0 saturated carbocycles. The van der Waals surface area contributed by atoms with E-state index >= 15 is 0 Å². The molecule has 0 bridgehead atoms. The molecule has 70 valence electrons. The molecule has 0 amide bonds. The van der Waals surface area contributed by atoms with Crippen LogP contribution >= 0.6 is 31.9 Å². The van der Waals surface area contributed by atoms with Crippen molar-refractivity contribution in [1.29, 1.82) is 0 Å². The number of hydrogen-bond acceptors (Lipinski definition) is 1. The van der Waals surface area contributed by atoms with Crippen LogP contribution in [0.2, 0.25) is 0 Å². The number of allylic oxidation sites excluding steroid dienone is 1. The molecule has 0 aromatic rings. The third kappa shape index (κ3) is 6.85. The molecule has 0 fully saturated rings. The molecule has 0 unspecified atom stereocenters. The summed E-state index contributed by atoms with van der Waals surface area (Å²) in [5.74, 6) is -0.751. The topological polar surface area (TPSA) is 37.3 Å². The van der Waals surface area contributed by atoms with Crippen LogP contribution in [-0.4, -0.2) is 11.1 Å². The Hall–Kier alpha value is 0.170. The van der Waals surface area contributed by atoms with Crippen molar-refractivity contribution in [3.63, 3.8) is 0 Å². The van der Waals surface area contributed by atoms with Crippen LogP contribution < -0.4 is 0 Å². The smallest absolute Gasteiger partial charge is 0.303 e. The first-order valence-corrected chi connectivity index (χ1v) is 5.15. The molecular weight excluding hydrogens is 288 g/mol. The van der Waals surface area contributed by atoms with Crippen molar-refractivity contribution in [1.82, 2.24) is 0 Å². The zero-order valence-electron chi connectivity index (χ0n) is 7.10. The van der Waals surface area contributed by atoms with Crippen LogP contribution in [0.4, 0.5) is 0 Å². The van der Waals surface area contributed by atoms with E-state index in [2.05, 4.69) is 31.9 Å². The minimum Gasteiger partial charge on any atom is -0.481 e. The highest BCUT2D eigenvalue weighted by Gasteiger charge is 2.20. The lowest BCUT2D eigenvalue weighted by Gasteiger charge is -2.19. The van der Waals surface area contributed by atoms with E-state index in [0.717, 1.165) is 9.81 Å². The molecule has 2 nitrogen and oxygen atoms in total. The first kappa shape index (κ1) is 12.2. The average Bonchev–Trinajstić information content (AvgIpc) is 1.81. The third-order valence-corrected chi connectivity index (χ3v) is 2.09. The largest absolute Gasteiger partial charge is 0.481 e. The molecule has 0 atom stereocenters. The quantitative estimate of drug-likeness (QED) is 0.862. The number of rotatable bonds is 4. The van der Waals surface area contributed by atoms with E-state index in [1.54, 1.807) is 0 Å². The van der Waals surface area contributed by atoms with E-state index < -0.39 is 5.97 Å². The van der Waals surface area contributed by atoms with Crippen LogP contribution in [0.5, 0.6) is 0 Å². The molecule has 12 heavy (non-hydrogen) atoms. The Bertz CT molecular complexity index is 193. The maximum Gasteiger partial charge on any atom is 0.303 e. The monoisotopic (exact) mass is 298 g/mol. The van der Waals surface area contributed by atoms with Gasteiger partial charge in [-0.1, -0.05) is 19.9 Å². The number of aliphatic carboxylic acids is 1. The lowest BCUT2D eigenvalue weighted by Crippen LogP contribution is -2.15. The summed E-state index contributed by atoms with van der Waals surface area (Å²) < 4.78 is 0.869. The van der Waals surface area contributed by atoms with Crippen LogP contribution in [0.15, 0.2) is 9.47 Å². The van der Waals surface area contributed by atoms with Gasteiger partial charge in [-0.15, -0.1) is 0 Å². The molecule has 0 saturated heterocycles. The molecule has 1 N–H and O–H groups in total. The van der Waals surface area contributed by atoms with Gasteiger partial charge in [0.25, 0.3) is 0 Å². The highest BCUT2D eigenvalue weighted by atomic mass is 79.9. The van der Waals surface area contributed by atoms with Crippen molar-refractivity contribution in [2.45, 2.75) is 26.7 Å². The van der Waals surface area contributed by atoms with Gasteiger partial charge in [0.1, 0.15) is 0 Å². The first-order chi connectivity index (χ1) is 5.33. The van der Waals surface area contributed by atoms with Crippen LogP contribution in [0, 0.1) is 5.41 Å². The molecule has 0 aliphatic rings. The SMILES string of the molecule is CC(C)(CC=C(Br)Br)CC(=O)O. The van der Waals surface area contributed by atoms with Gasteiger partial charge in [0.15, 0.2) is 0 Å². The Morgan fingerprint density at radius 2 is 2.00 bits per heavy atom. The molecule has 0 aliphatic heterocycles. The van der Waals surface area contributed by atoms with E-state index in [4.69, 9.17) is 5.11 Å². The van der Waals surface area contributed by atoms with Crippen molar-refractivity contribution >= 4 is 37.8 Å². The van der Waals surface area contributed by atoms with Crippen molar-refractivity contribution in [3.05, 3.63) is 9.47 Å². The van der Waals surface area contributed by atoms with Gasteiger partial charge < -0.3 is 5.11 Å². The summed E-state index contributed by atoms with van der Waals surface area (Å²) in [4.78, 5) is 10.4. The van der Waals surface area contributed by atoms with Gasteiger partial charge in [-0.05, 0) is 43.7 Å². The second kappa shape index (κ2) is 5.02. The second-order valence-electron chi connectivity index (χ2n) is 3.43. The van der Waals surface area contributed by atoms with Gasteiger partial charge >= 0.3 is 5.97 Å². The molecule has 0 aromatic carbocycles. The molecule has 0 radical (unpaired) electrons. The average molecular weight is 300 g/mol. The molecule has 0 heterocycles. The Kier molecular flexibility index (Phi) is 5.09. The lowest BCUT2D eigenvalue weighted by molar-refractivity contribution is -0.139. The van der Waals surface area contributed by atoms with Crippen LogP contribution in [0.3, 0.4) is 0 Å². The van der Waals surface area contributed by atoms with Gasteiger partial charge in [0.05, 0.1) is 9.81 Å². The van der Waals surface area contributed by atoms with E-state index in [0.29, 0.717) is 0 Å². The van der Waals surface area contributed by atoms with Gasteiger partial charge in [-0.25, -0.2) is 0 Å². The van der Waals surface area contributed by atoms with E-state index in [1.165, 1.54) is 0 Å². The standard InChI is InChI=1S/C8H12Br2O2/c1-8(2,5-7(11)12)4-3-6(9)10/h3H,4-5H2,1-2H3,(H,11,12). The van der Waals surface area contributed by atoms with Crippen molar-refractivity contribution in [3.8, 4) is 0 Å². The minimum absolute atomic E-state index is 0.182. The summed E-state index contributed by atoms with van der Waals surface area (Å²) in [6.07, 6.45) is 2.85. The number of hydrogen-bond donors (Lipinski definition) is 1. The Labute approximate surface area is 89.3 Å². The fourth-order valence-electron chi connectivity index (χ4n) is 0.835. The zero-order chi connectivity index (χ0) is 9.78. The molecule has 0 aromatic heterocycles. The van der Waals surface area contributed by atoms with Gasteiger partial charge in [0.2, 0.25) is 0 Å². The van der Waals surface area contributed by atoms with Crippen molar-refractivity contribution in [2.24, 2.45) is 5.41 Å². The highest BCUT2D eigenvalue weighted by molar-refractivity contribution is 9.28. The number of halogens is 2. The Morgan fingerprint density at radius 1 is 1.50 bits per heavy atom. The molecule has 0 aliphatic carbocycles. The van der Waals surface area contributed by atoms with Crippen LogP contribution in [-0.2, 0) is 4.79 Å². The molecule has 0 rings (SSSR count). The van der Waals surface area contributed by atoms with Gasteiger partial charge in [0, 0.05) is 0 Å². The first-order valence-electron chi connectivity index (χ1n) is 3.56. The summed E-state index contributed by atoms with van der Waals surface area (Å²) in [5.41, 5.74) is -0.182. The normalized spacial score (nSPS) is 11.0. The van der Waals surface area contributed by atoms with E-state index in [-0.39, 0.29) is 11.8 Å². The summed E-state index contributed by atoms with van der Waals surface area (Å²) >= 11 is 6.45. The zero-order valence-corrected chi connectivity index (χ0v) is 10.3. The predicted octanol–water partition coefficient (Wildman–Crippen LogP) is 3.51. The lowest BCUT2D eigenvalue weighted by atomic mass is 9.86. The van der Waals surface area contributed by atoms with Gasteiger partial charge in [-0.2, -0.15) is 0 Å². The van der Waals surface area contributed by atoms with Gasteiger partial charge in [-0.3, -0.25) is 4.79 Å². The second-order valence-corrected chi connectivity index (χ2v) is 6.21. The van der Waals surface area contributed by atoms with Crippen LogP contribution in [0.1, 0.15) is 26.7 Å². The Balaban J connectivity index is 4.04. The number of carboxylic acid groups (broad SMARTS) is 1. The van der Waals surface area contributed by atoms with E-state index in [9.17, 15) is 4.79 Å². The summed E-state index contributed by atoms with van der Waals surface area (Å²) in [6, 6.07) is 0. The van der Waals surface area contributed by atoms with E-state index in [1.807, 2.05) is 19.9 Å². The summed E-state index contributed by atoms with van der Waals surface area (Å²) in [6.45, 7) is 3.86. The van der Waals surface area contributed by atoms with Crippen LogP contribution in [0.25, 0.3) is 0 Å². The Morgan fingerprint density at radius 3 is 2.33 bits per heavy atom. The fraction of sp³-hybridized carbons (Fsp3) is 0.625. The maximum atomic E-state index is 10.4. The number of carbonyl (C=O) groups is 1. The summed E-state index contributed by atoms with van der Waals surface area (Å²) in [5, 5.41) is 8.57.